The molecule has 4 rings (SSSR count). The van der Waals surface area contributed by atoms with E-state index in [0.29, 0.717) is 43.1 Å². The normalized spacial score (nSPS) is 22.5. The smallest absolute Gasteiger partial charge is 0.166 e. The molecule has 1 heterocycles. The van der Waals surface area contributed by atoms with Gasteiger partial charge in [0.05, 0.1) is 12.3 Å². The van der Waals surface area contributed by atoms with Gasteiger partial charge >= 0.3 is 0 Å². The molecule has 0 spiro atoms. The highest BCUT2D eigenvalue weighted by molar-refractivity contribution is 5.98. The Hall–Kier alpha value is -3.29. The predicted molar refractivity (Wildman–Crippen MR) is 130 cm³/mol. The molecule has 1 aliphatic carbocycles. The molecule has 1 aliphatic heterocycles. The summed E-state index contributed by atoms with van der Waals surface area (Å²) in [6, 6.07) is 8.80. The lowest BCUT2D eigenvalue weighted by Gasteiger charge is -2.17. The van der Waals surface area contributed by atoms with E-state index < -0.39 is 17.4 Å². The molecular weight excluding hydrogens is 452 g/mol. The van der Waals surface area contributed by atoms with Gasteiger partial charge < -0.3 is 19.5 Å². The molecular formula is C28H29F2NO4. The number of rotatable bonds is 5. The van der Waals surface area contributed by atoms with E-state index in [-0.39, 0.29) is 24.0 Å². The van der Waals surface area contributed by atoms with Crippen LogP contribution in [0, 0.1) is 11.6 Å². The molecule has 35 heavy (non-hydrogen) atoms. The number of carbonyl (C=O) groups excluding carboxylic acids is 1. The van der Waals surface area contributed by atoms with Crippen molar-refractivity contribution in [1.29, 1.82) is 0 Å². The Balaban J connectivity index is 1.48. The van der Waals surface area contributed by atoms with Crippen molar-refractivity contribution < 1.29 is 27.8 Å². The van der Waals surface area contributed by atoms with Gasteiger partial charge in [-0.3, -0.25) is 4.79 Å². The number of anilines is 1. The standard InChI is InChI=1S/C28H29F2NO4/c1-18-7-8-19-14-22(33-16-23-17-34-28(2,3)35-23)10-11-24(19)27(32)6-4-5-21(13-18)31-26-12-9-20(29)15-25(26)30/h4-5,9-15,23,31H,1,6-8,16-17H2,2-3H3/b5-4-,21-13+. The highest BCUT2D eigenvalue weighted by Crippen LogP contribution is 2.26. The third-order valence-corrected chi connectivity index (χ3v) is 5.77. The molecule has 0 radical (unpaired) electrons. The van der Waals surface area contributed by atoms with Crippen LogP contribution in [-0.4, -0.2) is 30.9 Å². The van der Waals surface area contributed by atoms with Crippen molar-refractivity contribution in [3.63, 3.8) is 0 Å². The number of hydrogen-bond acceptors (Lipinski definition) is 5. The summed E-state index contributed by atoms with van der Waals surface area (Å²) in [5.74, 6) is -1.33. The average molecular weight is 482 g/mol. The number of halogens is 2. The maximum absolute atomic E-state index is 14.1. The molecule has 5 nitrogen and oxygen atoms in total. The lowest BCUT2D eigenvalue weighted by Crippen LogP contribution is -2.25. The molecule has 1 saturated heterocycles. The van der Waals surface area contributed by atoms with Gasteiger partial charge in [-0.05, 0) is 74.7 Å². The summed E-state index contributed by atoms with van der Waals surface area (Å²) >= 11 is 0. The van der Waals surface area contributed by atoms with Gasteiger partial charge in [-0.1, -0.05) is 18.2 Å². The molecule has 1 atom stereocenters. The number of ketones is 1. The first-order valence-electron chi connectivity index (χ1n) is 11.6. The summed E-state index contributed by atoms with van der Waals surface area (Å²) in [5.41, 5.74) is 3.01. The SMILES string of the molecule is C=C1/C=C(Nc2ccc(F)cc2F)\C=C/CC(=O)c2ccc(OCC3COC(C)(C)O3)cc2CC1. The van der Waals surface area contributed by atoms with E-state index in [1.165, 1.54) is 12.1 Å². The van der Waals surface area contributed by atoms with Gasteiger partial charge in [0, 0.05) is 23.7 Å². The van der Waals surface area contributed by atoms with Gasteiger partial charge in [0.15, 0.2) is 11.6 Å². The van der Waals surface area contributed by atoms with Crippen LogP contribution in [0.4, 0.5) is 14.5 Å². The van der Waals surface area contributed by atoms with Crippen LogP contribution in [0.25, 0.3) is 0 Å². The number of hydrogen-bond donors (Lipinski definition) is 1. The van der Waals surface area contributed by atoms with E-state index in [1.807, 2.05) is 19.9 Å². The topological polar surface area (TPSA) is 56.8 Å². The maximum atomic E-state index is 14.1. The van der Waals surface area contributed by atoms with E-state index in [2.05, 4.69) is 11.9 Å². The van der Waals surface area contributed by atoms with Gasteiger partial charge in [-0.25, -0.2) is 8.78 Å². The van der Waals surface area contributed by atoms with Crippen molar-refractivity contribution in [2.75, 3.05) is 18.5 Å². The van der Waals surface area contributed by atoms with Crippen LogP contribution in [0.5, 0.6) is 5.75 Å². The highest BCUT2D eigenvalue weighted by atomic mass is 19.1. The molecule has 2 aliphatic rings. The summed E-state index contributed by atoms with van der Waals surface area (Å²) in [4.78, 5) is 12.9. The first-order valence-corrected chi connectivity index (χ1v) is 11.6. The fourth-order valence-electron chi connectivity index (χ4n) is 4.04. The zero-order chi connectivity index (χ0) is 25.0. The fourth-order valence-corrected chi connectivity index (χ4v) is 4.04. The summed E-state index contributed by atoms with van der Waals surface area (Å²) in [6.07, 6.45) is 6.41. The van der Waals surface area contributed by atoms with Crippen LogP contribution in [0.2, 0.25) is 0 Å². The second-order valence-electron chi connectivity index (χ2n) is 9.12. The molecule has 0 aromatic heterocycles. The van der Waals surface area contributed by atoms with E-state index >= 15 is 0 Å². The molecule has 1 N–H and O–H groups in total. The van der Waals surface area contributed by atoms with Crippen LogP contribution in [0.1, 0.15) is 42.6 Å². The van der Waals surface area contributed by atoms with Crippen molar-refractivity contribution in [2.24, 2.45) is 0 Å². The average Bonchev–Trinajstić information content (AvgIpc) is 3.15. The van der Waals surface area contributed by atoms with Gasteiger partial charge in [-0.15, -0.1) is 0 Å². The van der Waals surface area contributed by atoms with E-state index in [0.717, 1.165) is 17.2 Å². The molecule has 184 valence electrons. The first kappa shape index (κ1) is 24.8. The van der Waals surface area contributed by atoms with Gasteiger partial charge in [-0.2, -0.15) is 0 Å². The maximum Gasteiger partial charge on any atom is 0.166 e. The Kier molecular flexibility index (Phi) is 7.48. The zero-order valence-electron chi connectivity index (χ0n) is 19.9. The predicted octanol–water partition coefficient (Wildman–Crippen LogP) is 6.12. The Morgan fingerprint density at radius 2 is 2.00 bits per heavy atom. The van der Waals surface area contributed by atoms with Crippen LogP contribution < -0.4 is 10.1 Å². The summed E-state index contributed by atoms with van der Waals surface area (Å²) in [5, 5.41) is 2.96. The van der Waals surface area contributed by atoms with Gasteiger partial charge in [0.1, 0.15) is 30.1 Å². The summed E-state index contributed by atoms with van der Waals surface area (Å²) < 4.78 is 44.6. The third-order valence-electron chi connectivity index (χ3n) is 5.77. The van der Waals surface area contributed by atoms with Crippen LogP contribution >= 0.6 is 0 Å². The van der Waals surface area contributed by atoms with E-state index in [9.17, 15) is 13.6 Å². The van der Waals surface area contributed by atoms with Gasteiger partial charge in [0.25, 0.3) is 0 Å². The first-order chi connectivity index (χ1) is 16.7. The molecule has 0 amide bonds. The molecule has 1 fully saturated rings. The second-order valence-corrected chi connectivity index (χ2v) is 9.12. The second kappa shape index (κ2) is 10.5. The highest BCUT2D eigenvalue weighted by Gasteiger charge is 2.33. The van der Waals surface area contributed by atoms with Gasteiger partial charge in [0.2, 0.25) is 0 Å². The lowest BCUT2D eigenvalue weighted by atomic mass is 9.96. The number of allylic oxidation sites excluding steroid dienone is 4. The molecule has 2 aromatic rings. The Labute approximate surface area is 204 Å². The lowest BCUT2D eigenvalue weighted by molar-refractivity contribution is -0.141. The fraction of sp³-hybridized carbons (Fsp3) is 0.321. The minimum atomic E-state index is -0.701. The number of carbonyl (C=O) groups is 1. The minimum Gasteiger partial charge on any atom is -0.491 e. The molecule has 1 unspecified atom stereocenters. The van der Waals surface area contributed by atoms with Crippen molar-refractivity contribution in [2.45, 2.75) is 45.0 Å². The Morgan fingerprint density at radius 3 is 2.74 bits per heavy atom. The molecule has 7 heteroatoms. The minimum absolute atomic E-state index is 0.0306. The van der Waals surface area contributed by atoms with Crippen molar-refractivity contribution >= 4 is 11.5 Å². The van der Waals surface area contributed by atoms with Crippen LogP contribution in [0.3, 0.4) is 0 Å². The number of fused-ring (bicyclic) bond motifs is 1. The Morgan fingerprint density at radius 1 is 1.17 bits per heavy atom. The molecule has 0 bridgehead atoms. The summed E-state index contributed by atoms with van der Waals surface area (Å²) in [6.45, 7) is 8.66. The van der Waals surface area contributed by atoms with Crippen LogP contribution in [-0.2, 0) is 15.9 Å². The van der Waals surface area contributed by atoms with Crippen molar-refractivity contribution in [1.82, 2.24) is 0 Å². The Bertz CT molecular complexity index is 1190. The number of Topliss-reactive ketones (excluding diaryl/α,β-unsaturated/α-hetero) is 1. The summed E-state index contributed by atoms with van der Waals surface area (Å²) in [7, 11) is 0. The third kappa shape index (κ3) is 6.65. The number of nitrogens with one attached hydrogen (secondary N) is 1. The monoisotopic (exact) mass is 481 g/mol. The quantitative estimate of drug-likeness (QED) is 0.557. The zero-order valence-corrected chi connectivity index (χ0v) is 19.9. The largest absolute Gasteiger partial charge is 0.491 e. The number of benzene rings is 2. The van der Waals surface area contributed by atoms with E-state index in [1.54, 1.807) is 30.4 Å². The number of aryl methyl sites for hydroxylation is 1. The van der Waals surface area contributed by atoms with Crippen LogP contribution in [0.15, 0.2) is 72.5 Å². The van der Waals surface area contributed by atoms with Crippen molar-refractivity contribution in [3.8, 4) is 5.75 Å². The van der Waals surface area contributed by atoms with Crippen molar-refractivity contribution in [3.05, 3.63) is 95.2 Å². The molecule has 2 aromatic carbocycles. The number of ether oxygens (including phenoxy) is 3. The van der Waals surface area contributed by atoms with E-state index in [4.69, 9.17) is 14.2 Å². The molecule has 0 saturated carbocycles.